The molecule has 122 valence electrons. The summed E-state index contributed by atoms with van der Waals surface area (Å²) >= 11 is 6.50. The Hall–Kier alpha value is -0.220. The van der Waals surface area contributed by atoms with Crippen LogP contribution in [-0.4, -0.2) is 45.2 Å². The molecule has 2 rings (SSSR count). The highest BCUT2D eigenvalue weighted by molar-refractivity contribution is 9.11. The number of benzene rings is 1. The Kier molecular flexibility index (Phi) is 5.54. The molecule has 22 heavy (non-hydrogen) atoms. The molecule has 0 saturated carbocycles. The van der Waals surface area contributed by atoms with Crippen molar-refractivity contribution < 1.29 is 16.8 Å². The van der Waals surface area contributed by atoms with Crippen LogP contribution in [0.5, 0.6) is 0 Å². The van der Waals surface area contributed by atoms with Crippen molar-refractivity contribution in [3.05, 3.63) is 39.8 Å². The monoisotopic (exact) mass is 471 g/mol. The molecule has 9 heteroatoms. The summed E-state index contributed by atoms with van der Waals surface area (Å²) in [6, 6.07) is 4.30. The molecule has 0 aromatic heterocycles. The SMILES string of the molecule is C=CCN([C@H]1CCS(=O)(=O)C1)S(=O)(=O)c1cc(Br)ccc1Br. The fourth-order valence-electron chi connectivity index (χ4n) is 2.37. The Morgan fingerprint density at radius 2 is 2.05 bits per heavy atom. The van der Waals surface area contributed by atoms with Gasteiger partial charge in [0, 0.05) is 21.5 Å². The summed E-state index contributed by atoms with van der Waals surface area (Å²) in [5, 5.41) is 0. The molecule has 0 bridgehead atoms. The maximum Gasteiger partial charge on any atom is 0.244 e. The maximum atomic E-state index is 12.9. The van der Waals surface area contributed by atoms with E-state index in [-0.39, 0.29) is 22.9 Å². The Morgan fingerprint density at radius 1 is 1.36 bits per heavy atom. The third kappa shape index (κ3) is 3.81. The standard InChI is InChI=1S/C13H15Br2NO4S2/c1-2-6-16(11-5-7-21(17,18)9-11)22(19,20)13-8-10(14)3-4-12(13)15/h2-4,8,11H,1,5-7,9H2/t11-/m0/s1. The van der Waals surface area contributed by atoms with Gasteiger partial charge in [0.25, 0.3) is 0 Å². The summed E-state index contributed by atoms with van der Waals surface area (Å²) in [5.41, 5.74) is 0. The smallest absolute Gasteiger partial charge is 0.229 e. The minimum atomic E-state index is -3.83. The molecule has 1 atom stereocenters. The topological polar surface area (TPSA) is 71.5 Å². The van der Waals surface area contributed by atoms with Crippen molar-refractivity contribution in [3.8, 4) is 0 Å². The Balaban J connectivity index is 2.47. The summed E-state index contributed by atoms with van der Waals surface area (Å²) < 4.78 is 51.5. The van der Waals surface area contributed by atoms with Crippen molar-refractivity contribution in [2.45, 2.75) is 17.4 Å². The fraction of sp³-hybridized carbons (Fsp3) is 0.385. The summed E-state index contributed by atoms with van der Waals surface area (Å²) in [4.78, 5) is 0.105. The van der Waals surface area contributed by atoms with Crippen molar-refractivity contribution >= 4 is 51.7 Å². The van der Waals surface area contributed by atoms with E-state index in [1.54, 1.807) is 12.1 Å². The van der Waals surface area contributed by atoms with Crippen molar-refractivity contribution in [2.75, 3.05) is 18.1 Å². The van der Waals surface area contributed by atoms with Gasteiger partial charge in [0.15, 0.2) is 9.84 Å². The van der Waals surface area contributed by atoms with E-state index in [0.29, 0.717) is 15.4 Å². The molecule has 0 aliphatic carbocycles. The maximum absolute atomic E-state index is 12.9. The zero-order valence-corrected chi connectivity index (χ0v) is 16.4. The van der Waals surface area contributed by atoms with Gasteiger partial charge in [-0.25, -0.2) is 16.8 Å². The first-order valence-corrected chi connectivity index (χ1v) is 11.3. The first-order chi connectivity index (χ1) is 10.2. The summed E-state index contributed by atoms with van der Waals surface area (Å²) in [6.45, 7) is 3.65. The normalized spacial score (nSPS) is 21.1. The molecule has 1 heterocycles. The second-order valence-corrected chi connectivity index (χ2v) is 10.9. The minimum Gasteiger partial charge on any atom is -0.229 e. The van der Waals surface area contributed by atoms with Crippen molar-refractivity contribution in [2.24, 2.45) is 0 Å². The average molecular weight is 473 g/mol. The van der Waals surface area contributed by atoms with Gasteiger partial charge in [-0.2, -0.15) is 4.31 Å². The molecule has 0 N–H and O–H groups in total. The number of rotatable bonds is 5. The third-order valence-electron chi connectivity index (χ3n) is 3.40. The number of hydrogen-bond donors (Lipinski definition) is 0. The van der Waals surface area contributed by atoms with E-state index in [1.807, 2.05) is 0 Å². The number of hydrogen-bond acceptors (Lipinski definition) is 4. The number of nitrogens with zero attached hydrogens (tertiary/aromatic N) is 1. The summed E-state index contributed by atoms with van der Waals surface area (Å²) in [5.74, 6) is -0.133. The summed E-state index contributed by atoms with van der Waals surface area (Å²) in [6.07, 6.45) is 1.77. The molecule has 5 nitrogen and oxygen atoms in total. The van der Waals surface area contributed by atoms with Crippen LogP contribution in [0.3, 0.4) is 0 Å². The third-order valence-corrected chi connectivity index (χ3v) is 8.56. The fourth-order valence-corrected chi connectivity index (χ4v) is 7.29. The molecule has 0 radical (unpaired) electrons. The molecule has 0 spiro atoms. The van der Waals surface area contributed by atoms with Crippen molar-refractivity contribution in [3.63, 3.8) is 0 Å². The lowest BCUT2D eigenvalue weighted by Gasteiger charge is -2.26. The van der Waals surface area contributed by atoms with Gasteiger partial charge in [0.1, 0.15) is 0 Å². The van der Waals surface area contributed by atoms with Gasteiger partial charge < -0.3 is 0 Å². The van der Waals surface area contributed by atoms with E-state index in [1.165, 1.54) is 16.4 Å². The van der Waals surface area contributed by atoms with Crippen LogP contribution in [0.4, 0.5) is 0 Å². The lowest BCUT2D eigenvalue weighted by Crippen LogP contribution is -2.41. The molecule has 1 saturated heterocycles. The molecule has 1 aliphatic heterocycles. The quantitative estimate of drug-likeness (QED) is 0.617. The molecule has 0 unspecified atom stereocenters. The van der Waals surface area contributed by atoms with Crippen molar-refractivity contribution in [1.29, 1.82) is 0 Å². The number of halogens is 2. The van der Waals surface area contributed by atoms with E-state index in [0.717, 1.165) is 0 Å². The van der Waals surface area contributed by atoms with Gasteiger partial charge in [0.2, 0.25) is 10.0 Å². The van der Waals surface area contributed by atoms with Crippen LogP contribution in [0.2, 0.25) is 0 Å². The minimum absolute atomic E-state index is 0.0144. The molecule has 0 amide bonds. The van der Waals surface area contributed by atoms with Gasteiger partial charge in [-0.15, -0.1) is 6.58 Å². The second-order valence-electron chi connectivity index (χ2n) is 5.00. The summed E-state index contributed by atoms with van der Waals surface area (Å²) in [7, 11) is -7.01. The molecule has 1 aromatic carbocycles. The molecule has 1 aliphatic rings. The van der Waals surface area contributed by atoms with Crippen LogP contribution in [0.15, 0.2) is 44.7 Å². The van der Waals surface area contributed by atoms with Crippen LogP contribution < -0.4 is 0 Å². The zero-order valence-electron chi connectivity index (χ0n) is 11.6. The van der Waals surface area contributed by atoms with Crippen LogP contribution in [0, 0.1) is 0 Å². The molecular formula is C13H15Br2NO4S2. The Morgan fingerprint density at radius 3 is 2.59 bits per heavy atom. The predicted octanol–water partition coefficient (Wildman–Crippen LogP) is 2.58. The van der Waals surface area contributed by atoms with E-state index in [4.69, 9.17) is 0 Å². The Labute approximate surface area is 147 Å². The largest absolute Gasteiger partial charge is 0.244 e. The predicted molar refractivity (Wildman–Crippen MR) is 93.0 cm³/mol. The van der Waals surface area contributed by atoms with Gasteiger partial charge in [-0.1, -0.05) is 22.0 Å². The number of sulfone groups is 1. The van der Waals surface area contributed by atoms with Crippen LogP contribution in [0.1, 0.15) is 6.42 Å². The number of sulfonamides is 1. The van der Waals surface area contributed by atoms with Gasteiger partial charge in [-0.3, -0.25) is 0 Å². The lowest BCUT2D eigenvalue weighted by molar-refractivity contribution is 0.367. The lowest BCUT2D eigenvalue weighted by atomic mass is 10.2. The highest BCUT2D eigenvalue weighted by atomic mass is 79.9. The molecular weight excluding hydrogens is 458 g/mol. The van der Waals surface area contributed by atoms with E-state index in [9.17, 15) is 16.8 Å². The highest BCUT2D eigenvalue weighted by Crippen LogP contribution is 2.31. The van der Waals surface area contributed by atoms with Gasteiger partial charge in [-0.05, 0) is 40.5 Å². The van der Waals surface area contributed by atoms with Gasteiger partial charge in [0.05, 0.1) is 16.4 Å². The first kappa shape index (κ1) is 18.1. The van der Waals surface area contributed by atoms with E-state index in [2.05, 4.69) is 38.4 Å². The second kappa shape index (κ2) is 6.72. The van der Waals surface area contributed by atoms with Crippen LogP contribution in [-0.2, 0) is 19.9 Å². The molecule has 1 aromatic rings. The average Bonchev–Trinajstić information content (AvgIpc) is 2.78. The van der Waals surface area contributed by atoms with E-state index < -0.39 is 25.9 Å². The zero-order chi connectivity index (χ0) is 16.5. The Bertz CT molecular complexity index is 790. The molecule has 1 fully saturated rings. The highest BCUT2D eigenvalue weighted by Gasteiger charge is 2.38. The van der Waals surface area contributed by atoms with Crippen molar-refractivity contribution in [1.82, 2.24) is 4.31 Å². The van der Waals surface area contributed by atoms with Crippen LogP contribution in [0.25, 0.3) is 0 Å². The first-order valence-electron chi connectivity index (χ1n) is 6.45. The van der Waals surface area contributed by atoms with Crippen LogP contribution >= 0.6 is 31.9 Å². The van der Waals surface area contributed by atoms with Gasteiger partial charge >= 0.3 is 0 Å². The van der Waals surface area contributed by atoms with E-state index >= 15 is 0 Å².